The summed E-state index contributed by atoms with van der Waals surface area (Å²) >= 11 is 0. The molecule has 0 unspecified atom stereocenters. The summed E-state index contributed by atoms with van der Waals surface area (Å²) in [5.41, 5.74) is 12.3. The van der Waals surface area contributed by atoms with Crippen LogP contribution in [0.15, 0.2) is 218 Å². The van der Waals surface area contributed by atoms with E-state index in [0.29, 0.717) is 0 Å². The molecule has 0 bridgehead atoms. The summed E-state index contributed by atoms with van der Waals surface area (Å²) in [6, 6.07) is 80.5. The van der Waals surface area contributed by atoms with Gasteiger partial charge < -0.3 is 0 Å². The average molecular weight is 709 g/mol. The van der Waals surface area contributed by atoms with Crippen LogP contribution in [0.4, 0.5) is 0 Å². The first-order chi connectivity index (χ1) is 27.8. The highest BCUT2D eigenvalue weighted by Gasteiger charge is 2.19. The van der Waals surface area contributed by atoms with Crippen molar-refractivity contribution >= 4 is 53.9 Å². The largest absolute Gasteiger partial charge is 0.0622 e. The molecule has 0 fully saturated rings. The van der Waals surface area contributed by atoms with Crippen LogP contribution in [0.3, 0.4) is 0 Å². The van der Waals surface area contributed by atoms with Crippen LogP contribution in [0, 0.1) is 0 Å². The van der Waals surface area contributed by atoms with E-state index >= 15 is 0 Å². The van der Waals surface area contributed by atoms with E-state index in [2.05, 4.69) is 218 Å². The van der Waals surface area contributed by atoms with Gasteiger partial charge in [-0.25, -0.2) is 0 Å². The van der Waals surface area contributed by atoms with Crippen molar-refractivity contribution in [2.75, 3.05) is 0 Å². The van der Waals surface area contributed by atoms with Crippen molar-refractivity contribution in [2.45, 2.75) is 0 Å². The SMILES string of the molecule is c1ccc(-c2ccc3c(-c4cccc(-c5cc6ccccc6c6ccccc56)c4)c4ccccc4c(-c4cccc(-c5ccc6ccccc6c5)c4)c3c2)cc1. The lowest BCUT2D eigenvalue weighted by Gasteiger charge is -2.20. The van der Waals surface area contributed by atoms with Crippen LogP contribution in [0.25, 0.3) is 109 Å². The van der Waals surface area contributed by atoms with Gasteiger partial charge >= 0.3 is 0 Å². The van der Waals surface area contributed by atoms with Gasteiger partial charge in [0.15, 0.2) is 0 Å². The summed E-state index contributed by atoms with van der Waals surface area (Å²) in [4.78, 5) is 0. The fourth-order valence-corrected chi connectivity index (χ4v) is 8.97. The summed E-state index contributed by atoms with van der Waals surface area (Å²) in [6.45, 7) is 0. The quantitative estimate of drug-likeness (QED) is 0.123. The normalized spacial score (nSPS) is 11.6. The second-order valence-corrected chi connectivity index (χ2v) is 14.8. The van der Waals surface area contributed by atoms with Crippen molar-refractivity contribution in [1.82, 2.24) is 0 Å². The first-order valence-corrected chi connectivity index (χ1v) is 19.4. The topological polar surface area (TPSA) is 0 Å². The first-order valence-electron chi connectivity index (χ1n) is 19.4. The molecular formula is C56H36. The van der Waals surface area contributed by atoms with E-state index in [1.165, 1.54) is 109 Å². The lowest BCUT2D eigenvalue weighted by molar-refractivity contribution is 1.61. The van der Waals surface area contributed by atoms with E-state index in [1.54, 1.807) is 0 Å². The van der Waals surface area contributed by atoms with Gasteiger partial charge in [0, 0.05) is 0 Å². The molecule has 0 saturated heterocycles. The van der Waals surface area contributed by atoms with Gasteiger partial charge in [0.2, 0.25) is 0 Å². The smallest absolute Gasteiger partial charge is 0.00259 e. The zero-order chi connectivity index (χ0) is 37.0. The Hall–Kier alpha value is -7.28. The standard InChI is InChI=1S/C56H36/c1-2-14-37(15-3-1)42-30-31-52-54(35-42)56(45-21-12-19-40(33-45)41-29-28-38-16-4-5-17-39(38)32-41)51-27-11-10-26-50(51)55(52)46-22-13-20-43(34-46)53-36-44-18-6-7-23-47(44)48-24-8-9-25-49(48)53/h1-36H. The van der Waals surface area contributed by atoms with Gasteiger partial charge in [0.1, 0.15) is 0 Å². The lowest BCUT2D eigenvalue weighted by atomic mass is 9.83. The average Bonchev–Trinajstić information content (AvgIpc) is 3.28. The molecular weight excluding hydrogens is 673 g/mol. The Kier molecular flexibility index (Phi) is 7.60. The van der Waals surface area contributed by atoms with Crippen LogP contribution in [-0.4, -0.2) is 0 Å². The lowest BCUT2D eigenvalue weighted by Crippen LogP contribution is -1.93. The third-order valence-corrected chi connectivity index (χ3v) is 11.6. The summed E-state index contributed by atoms with van der Waals surface area (Å²) in [6.07, 6.45) is 0. The molecule has 0 atom stereocenters. The predicted octanol–water partition coefficient (Wildman–Crippen LogP) is 15.8. The maximum Gasteiger partial charge on any atom is -0.00259 e. The predicted molar refractivity (Wildman–Crippen MR) is 241 cm³/mol. The van der Waals surface area contributed by atoms with E-state index < -0.39 is 0 Å². The maximum atomic E-state index is 2.42. The molecule has 11 rings (SSSR count). The fourth-order valence-electron chi connectivity index (χ4n) is 8.97. The van der Waals surface area contributed by atoms with E-state index in [-0.39, 0.29) is 0 Å². The number of fused-ring (bicyclic) bond motifs is 6. The molecule has 0 nitrogen and oxygen atoms in total. The van der Waals surface area contributed by atoms with E-state index in [1.807, 2.05) is 0 Å². The van der Waals surface area contributed by atoms with Gasteiger partial charge in [-0.15, -0.1) is 0 Å². The maximum absolute atomic E-state index is 2.42. The molecule has 11 aromatic rings. The Morgan fingerprint density at radius 1 is 0.179 bits per heavy atom. The molecule has 0 spiro atoms. The van der Waals surface area contributed by atoms with E-state index in [0.717, 1.165) is 0 Å². The Balaban J connectivity index is 1.17. The zero-order valence-corrected chi connectivity index (χ0v) is 30.8. The van der Waals surface area contributed by atoms with Crippen molar-refractivity contribution in [3.8, 4) is 55.6 Å². The molecule has 0 amide bonds. The zero-order valence-electron chi connectivity index (χ0n) is 30.8. The molecule has 0 radical (unpaired) electrons. The molecule has 0 heteroatoms. The Morgan fingerprint density at radius 2 is 0.661 bits per heavy atom. The minimum atomic E-state index is 1.21. The molecule has 11 aromatic carbocycles. The Bertz CT molecular complexity index is 3300. The molecule has 0 aliphatic rings. The number of hydrogen-bond donors (Lipinski definition) is 0. The Labute approximate surface area is 326 Å². The summed E-state index contributed by atoms with van der Waals surface area (Å²) in [5.74, 6) is 0. The van der Waals surface area contributed by atoms with Crippen LogP contribution in [0.1, 0.15) is 0 Å². The minimum Gasteiger partial charge on any atom is -0.0622 e. The van der Waals surface area contributed by atoms with Crippen molar-refractivity contribution in [1.29, 1.82) is 0 Å². The van der Waals surface area contributed by atoms with Crippen molar-refractivity contribution in [2.24, 2.45) is 0 Å². The second-order valence-electron chi connectivity index (χ2n) is 14.8. The second kappa shape index (κ2) is 13.2. The van der Waals surface area contributed by atoms with E-state index in [9.17, 15) is 0 Å². The van der Waals surface area contributed by atoms with Gasteiger partial charge in [-0.05, 0) is 140 Å². The number of rotatable bonds is 5. The molecule has 0 aromatic heterocycles. The van der Waals surface area contributed by atoms with Gasteiger partial charge in [-0.1, -0.05) is 188 Å². The first kappa shape index (κ1) is 32.2. The summed E-state index contributed by atoms with van der Waals surface area (Å²) in [5, 5.41) is 12.6. The summed E-state index contributed by atoms with van der Waals surface area (Å²) < 4.78 is 0. The number of hydrogen-bond acceptors (Lipinski definition) is 0. The highest BCUT2D eigenvalue weighted by molar-refractivity contribution is 6.22. The van der Waals surface area contributed by atoms with Gasteiger partial charge in [0.25, 0.3) is 0 Å². The van der Waals surface area contributed by atoms with Crippen molar-refractivity contribution < 1.29 is 0 Å². The third kappa shape index (κ3) is 5.38. The van der Waals surface area contributed by atoms with Gasteiger partial charge in [0.05, 0.1) is 0 Å². The minimum absolute atomic E-state index is 1.21. The molecule has 0 heterocycles. The van der Waals surface area contributed by atoms with Crippen LogP contribution >= 0.6 is 0 Å². The Morgan fingerprint density at radius 3 is 1.43 bits per heavy atom. The molecule has 260 valence electrons. The van der Waals surface area contributed by atoms with Crippen LogP contribution in [-0.2, 0) is 0 Å². The number of benzene rings is 11. The monoisotopic (exact) mass is 708 g/mol. The van der Waals surface area contributed by atoms with Crippen molar-refractivity contribution in [3.05, 3.63) is 218 Å². The van der Waals surface area contributed by atoms with Gasteiger partial charge in [-0.2, -0.15) is 0 Å². The third-order valence-electron chi connectivity index (χ3n) is 11.6. The summed E-state index contributed by atoms with van der Waals surface area (Å²) in [7, 11) is 0. The molecule has 0 N–H and O–H groups in total. The molecule has 0 aliphatic carbocycles. The molecule has 56 heavy (non-hydrogen) atoms. The van der Waals surface area contributed by atoms with Crippen molar-refractivity contribution in [3.63, 3.8) is 0 Å². The highest BCUT2D eigenvalue weighted by atomic mass is 14.2. The van der Waals surface area contributed by atoms with Gasteiger partial charge in [-0.3, -0.25) is 0 Å². The van der Waals surface area contributed by atoms with Crippen LogP contribution in [0.2, 0.25) is 0 Å². The van der Waals surface area contributed by atoms with Crippen LogP contribution in [0.5, 0.6) is 0 Å². The highest BCUT2D eigenvalue weighted by Crippen LogP contribution is 2.46. The van der Waals surface area contributed by atoms with Crippen LogP contribution < -0.4 is 0 Å². The molecule has 0 saturated carbocycles. The fraction of sp³-hybridized carbons (Fsp3) is 0. The van der Waals surface area contributed by atoms with E-state index in [4.69, 9.17) is 0 Å². The molecule has 0 aliphatic heterocycles.